The second-order valence-electron chi connectivity index (χ2n) is 7.11. The number of ether oxygens (including phenoxy) is 1. The van der Waals surface area contributed by atoms with E-state index in [0.29, 0.717) is 17.3 Å². The molecule has 28 heavy (non-hydrogen) atoms. The topological polar surface area (TPSA) is 42.4 Å². The molecule has 144 valence electrons. The molecule has 0 spiro atoms. The summed E-state index contributed by atoms with van der Waals surface area (Å²) in [7, 11) is 0. The lowest BCUT2D eigenvalue weighted by molar-refractivity contribution is -0.132. The Kier molecular flexibility index (Phi) is 5.24. The van der Waals surface area contributed by atoms with Gasteiger partial charge in [0.15, 0.2) is 0 Å². The molecule has 0 atom stereocenters. The third kappa shape index (κ3) is 3.84. The second-order valence-corrected chi connectivity index (χ2v) is 7.11. The average molecular weight is 378 g/mol. The van der Waals surface area contributed by atoms with Gasteiger partial charge < -0.3 is 9.64 Å². The molecule has 1 aromatic heterocycles. The average Bonchev–Trinajstić information content (AvgIpc) is 2.74. The summed E-state index contributed by atoms with van der Waals surface area (Å²) in [6, 6.07) is 14.5. The van der Waals surface area contributed by atoms with Crippen molar-refractivity contribution in [2.75, 3.05) is 13.1 Å². The summed E-state index contributed by atoms with van der Waals surface area (Å²) in [5.41, 5.74) is 2.49. The highest BCUT2D eigenvalue weighted by Gasteiger charge is 2.22. The predicted octanol–water partition coefficient (Wildman–Crippen LogP) is 4.82. The number of aromatic nitrogens is 1. The van der Waals surface area contributed by atoms with Gasteiger partial charge in [0.2, 0.25) is 5.91 Å². The summed E-state index contributed by atoms with van der Waals surface area (Å²) >= 11 is 0. The van der Waals surface area contributed by atoms with E-state index in [0.717, 1.165) is 42.8 Å². The molecule has 2 aromatic carbocycles. The molecule has 1 aliphatic rings. The van der Waals surface area contributed by atoms with E-state index >= 15 is 0 Å². The van der Waals surface area contributed by atoms with Crippen LogP contribution in [0.4, 0.5) is 4.39 Å². The first kappa shape index (κ1) is 18.4. The number of carbonyl (C=O) groups is 1. The summed E-state index contributed by atoms with van der Waals surface area (Å²) in [4.78, 5) is 18.0. The lowest BCUT2D eigenvalue weighted by Gasteiger charge is -2.32. The quantitative estimate of drug-likeness (QED) is 0.654. The summed E-state index contributed by atoms with van der Waals surface area (Å²) in [5, 5.41) is 0.522. The summed E-state index contributed by atoms with van der Waals surface area (Å²) in [6.07, 6.45) is 4.14. The number of hydrogen-bond donors (Lipinski definition) is 0. The number of halogens is 1. The number of likely N-dealkylation sites (tertiary alicyclic amines) is 1. The van der Waals surface area contributed by atoms with E-state index in [9.17, 15) is 9.18 Å². The van der Waals surface area contributed by atoms with Gasteiger partial charge in [-0.3, -0.25) is 9.78 Å². The predicted molar refractivity (Wildman–Crippen MR) is 108 cm³/mol. The number of benzene rings is 2. The standard InChI is InChI=1S/C23H23FN2O2/c1-2-23(27)26-12-10-19(11-13-26)28-18-8-6-16(7-9-18)17-14-20-21(24)4-3-5-22(20)25-15-17/h3-9,14-15,19H,2,10-13H2,1H3. The van der Waals surface area contributed by atoms with Crippen molar-refractivity contribution in [1.29, 1.82) is 0 Å². The van der Waals surface area contributed by atoms with Gasteiger partial charge in [0.25, 0.3) is 0 Å². The Bertz CT molecular complexity index is 980. The number of hydrogen-bond acceptors (Lipinski definition) is 3. The Morgan fingerprint density at radius 1 is 1.14 bits per heavy atom. The summed E-state index contributed by atoms with van der Waals surface area (Å²) in [5.74, 6) is 0.756. The molecule has 4 rings (SSSR count). The molecule has 1 fully saturated rings. The number of piperidine rings is 1. The molecule has 5 heteroatoms. The van der Waals surface area contributed by atoms with Gasteiger partial charge in [-0.15, -0.1) is 0 Å². The molecule has 0 aliphatic carbocycles. The van der Waals surface area contributed by atoms with Gasteiger partial charge in [-0.25, -0.2) is 4.39 Å². The highest BCUT2D eigenvalue weighted by Crippen LogP contribution is 2.27. The number of pyridine rings is 1. The van der Waals surface area contributed by atoms with Gasteiger partial charge in [0.1, 0.15) is 17.7 Å². The Labute approximate surface area is 164 Å². The maximum Gasteiger partial charge on any atom is 0.222 e. The third-order valence-corrected chi connectivity index (χ3v) is 5.26. The van der Waals surface area contributed by atoms with Gasteiger partial charge in [-0.2, -0.15) is 0 Å². The molecule has 0 bridgehead atoms. The van der Waals surface area contributed by atoms with Gasteiger partial charge in [-0.05, 0) is 35.9 Å². The number of fused-ring (bicyclic) bond motifs is 1. The fourth-order valence-corrected chi connectivity index (χ4v) is 3.64. The van der Waals surface area contributed by atoms with E-state index in [2.05, 4.69) is 4.98 Å². The smallest absolute Gasteiger partial charge is 0.222 e. The Balaban J connectivity index is 1.43. The molecule has 0 saturated carbocycles. The molecule has 1 amide bonds. The first-order chi connectivity index (χ1) is 13.6. The number of amides is 1. The van der Waals surface area contributed by atoms with Crippen molar-refractivity contribution in [3.63, 3.8) is 0 Å². The van der Waals surface area contributed by atoms with Crippen LogP contribution in [-0.2, 0) is 4.79 Å². The van der Waals surface area contributed by atoms with E-state index < -0.39 is 0 Å². The van der Waals surface area contributed by atoms with Gasteiger partial charge >= 0.3 is 0 Å². The van der Waals surface area contributed by atoms with Crippen LogP contribution in [-0.4, -0.2) is 35.0 Å². The van der Waals surface area contributed by atoms with E-state index in [1.807, 2.05) is 42.2 Å². The van der Waals surface area contributed by atoms with Crippen LogP contribution in [0, 0.1) is 5.82 Å². The molecule has 4 nitrogen and oxygen atoms in total. The lowest BCUT2D eigenvalue weighted by Crippen LogP contribution is -2.41. The molecule has 3 aromatic rings. The largest absolute Gasteiger partial charge is 0.490 e. The molecule has 1 saturated heterocycles. The first-order valence-electron chi connectivity index (χ1n) is 9.73. The summed E-state index contributed by atoms with van der Waals surface area (Å²) in [6.45, 7) is 3.40. The van der Waals surface area contributed by atoms with Crippen molar-refractivity contribution in [2.45, 2.75) is 32.3 Å². The first-order valence-corrected chi connectivity index (χ1v) is 9.73. The number of carbonyl (C=O) groups excluding carboxylic acids is 1. The van der Waals surface area contributed by atoms with Gasteiger partial charge in [0, 0.05) is 49.5 Å². The minimum absolute atomic E-state index is 0.128. The molecule has 0 N–H and O–H groups in total. The molecular formula is C23H23FN2O2. The maximum absolute atomic E-state index is 14.0. The van der Waals surface area contributed by atoms with Crippen LogP contribution in [0.15, 0.2) is 54.7 Å². The lowest BCUT2D eigenvalue weighted by atomic mass is 10.0. The van der Waals surface area contributed by atoms with Crippen molar-refractivity contribution < 1.29 is 13.9 Å². The normalized spacial score (nSPS) is 15.0. The van der Waals surface area contributed by atoms with Crippen LogP contribution >= 0.6 is 0 Å². The zero-order valence-electron chi connectivity index (χ0n) is 15.9. The Morgan fingerprint density at radius 3 is 2.61 bits per heavy atom. The van der Waals surface area contributed by atoms with Crippen LogP contribution in [0.3, 0.4) is 0 Å². The second kappa shape index (κ2) is 7.97. The van der Waals surface area contributed by atoms with E-state index in [1.54, 1.807) is 18.3 Å². The maximum atomic E-state index is 14.0. The Morgan fingerprint density at radius 2 is 1.89 bits per heavy atom. The van der Waals surface area contributed by atoms with Crippen molar-refractivity contribution in [3.8, 4) is 16.9 Å². The minimum Gasteiger partial charge on any atom is -0.490 e. The monoisotopic (exact) mass is 378 g/mol. The van der Waals surface area contributed by atoms with Gasteiger partial charge in [0.05, 0.1) is 5.52 Å². The van der Waals surface area contributed by atoms with Crippen LogP contribution < -0.4 is 4.74 Å². The number of rotatable bonds is 4. The minimum atomic E-state index is -0.264. The molecular weight excluding hydrogens is 355 g/mol. The highest BCUT2D eigenvalue weighted by atomic mass is 19.1. The fourth-order valence-electron chi connectivity index (χ4n) is 3.64. The van der Waals surface area contributed by atoms with Crippen molar-refractivity contribution in [3.05, 3.63) is 60.5 Å². The Hall–Kier alpha value is -2.95. The van der Waals surface area contributed by atoms with E-state index in [-0.39, 0.29) is 17.8 Å². The van der Waals surface area contributed by atoms with Crippen LogP contribution in [0.5, 0.6) is 5.75 Å². The SMILES string of the molecule is CCC(=O)N1CCC(Oc2ccc(-c3cnc4cccc(F)c4c3)cc2)CC1. The third-order valence-electron chi connectivity index (χ3n) is 5.26. The molecule has 0 radical (unpaired) electrons. The van der Waals surface area contributed by atoms with E-state index in [4.69, 9.17) is 4.74 Å². The van der Waals surface area contributed by atoms with E-state index in [1.165, 1.54) is 6.07 Å². The van der Waals surface area contributed by atoms with Crippen molar-refractivity contribution in [2.24, 2.45) is 0 Å². The zero-order chi connectivity index (χ0) is 19.5. The molecule has 0 unspecified atom stereocenters. The zero-order valence-corrected chi connectivity index (χ0v) is 15.9. The van der Waals surface area contributed by atoms with Crippen LogP contribution in [0.25, 0.3) is 22.0 Å². The highest BCUT2D eigenvalue weighted by molar-refractivity contribution is 5.84. The molecule has 1 aliphatic heterocycles. The van der Waals surface area contributed by atoms with Gasteiger partial charge in [-0.1, -0.05) is 25.1 Å². The van der Waals surface area contributed by atoms with Crippen LogP contribution in [0.1, 0.15) is 26.2 Å². The molecule has 2 heterocycles. The number of nitrogens with zero attached hydrogens (tertiary/aromatic N) is 2. The summed E-state index contributed by atoms with van der Waals surface area (Å²) < 4.78 is 20.1. The van der Waals surface area contributed by atoms with Crippen molar-refractivity contribution >= 4 is 16.8 Å². The van der Waals surface area contributed by atoms with Crippen molar-refractivity contribution in [1.82, 2.24) is 9.88 Å². The van der Waals surface area contributed by atoms with Crippen LogP contribution in [0.2, 0.25) is 0 Å². The fraction of sp³-hybridized carbons (Fsp3) is 0.304.